The fourth-order valence-corrected chi connectivity index (χ4v) is 14.8. The van der Waals surface area contributed by atoms with Gasteiger partial charge in [-0.25, -0.2) is 0 Å². The van der Waals surface area contributed by atoms with E-state index in [0.29, 0.717) is 5.92 Å². The summed E-state index contributed by atoms with van der Waals surface area (Å²) in [6.45, 7) is 39.0. The molecule has 12 rings (SSSR count). The number of aryl methyl sites for hydroxylation is 4. The predicted octanol–water partition coefficient (Wildman–Crippen LogP) is 17.2. The van der Waals surface area contributed by atoms with Crippen molar-refractivity contribution in [2.75, 3.05) is 9.80 Å². The summed E-state index contributed by atoms with van der Waals surface area (Å²) >= 11 is 0. The van der Waals surface area contributed by atoms with Gasteiger partial charge in [0.2, 0.25) is 0 Å². The topological polar surface area (TPSA) is 19.6 Å². The van der Waals surface area contributed by atoms with Crippen LogP contribution in [0.4, 0.5) is 28.4 Å². The second-order valence-corrected chi connectivity index (χ2v) is 27.2. The maximum Gasteiger partial charge on any atom is 0.296 e. The van der Waals surface area contributed by atoms with Crippen molar-refractivity contribution in [3.05, 3.63) is 146 Å². The van der Waals surface area contributed by atoms with Crippen LogP contribution in [0.15, 0.2) is 106 Å². The third kappa shape index (κ3) is 6.52. The van der Waals surface area contributed by atoms with Gasteiger partial charge in [0.05, 0.1) is 11.3 Å². The molecule has 6 aliphatic rings. The van der Waals surface area contributed by atoms with Crippen LogP contribution in [-0.4, -0.2) is 6.71 Å². The van der Waals surface area contributed by atoms with Crippen molar-refractivity contribution in [3.63, 3.8) is 0 Å². The molecule has 1 aromatic heterocycles. The Labute approximate surface area is 420 Å². The molecule has 70 heavy (non-hydrogen) atoms. The number of allylic oxidation sites excluding steroid dienone is 4. The third-order valence-corrected chi connectivity index (χ3v) is 19.6. The average molecular weight is 925 g/mol. The Hall–Kier alpha value is -5.22. The summed E-state index contributed by atoms with van der Waals surface area (Å²) in [6.07, 6.45) is 10.8. The molecule has 1 fully saturated rings. The lowest BCUT2D eigenvalue weighted by molar-refractivity contribution is 0.121. The van der Waals surface area contributed by atoms with E-state index in [1.807, 2.05) is 0 Å². The molecular formula is C66H77BN2O. The highest BCUT2D eigenvalue weighted by molar-refractivity contribution is 6.95. The highest BCUT2D eigenvalue weighted by Gasteiger charge is 2.53. The molecule has 4 heteroatoms. The van der Waals surface area contributed by atoms with Gasteiger partial charge in [-0.05, 0) is 220 Å². The molecule has 360 valence electrons. The van der Waals surface area contributed by atoms with Crippen molar-refractivity contribution in [3.8, 4) is 11.1 Å². The minimum atomic E-state index is -0.0714. The molecule has 1 saturated carbocycles. The second-order valence-electron chi connectivity index (χ2n) is 27.2. The zero-order valence-electron chi connectivity index (χ0n) is 45.5. The van der Waals surface area contributed by atoms with Crippen molar-refractivity contribution >= 4 is 57.2 Å². The smallest absolute Gasteiger partial charge is 0.296 e. The number of nitrogens with zero attached hydrogens (tertiary/aromatic N) is 2. The number of hydrogen-bond donors (Lipinski definition) is 0. The summed E-state index contributed by atoms with van der Waals surface area (Å²) in [4.78, 5) is 5.42. The van der Waals surface area contributed by atoms with Gasteiger partial charge in [-0.2, -0.15) is 0 Å². The van der Waals surface area contributed by atoms with Gasteiger partial charge in [0.15, 0.2) is 0 Å². The first kappa shape index (κ1) is 45.9. The van der Waals surface area contributed by atoms with E-state index in [9.17, 15) is 0 Å². The van der Waals surface area contributed by atoms with Crippen molar-refractivity contribution in [2.24, 2.45) is 16.7 Å². The Balaban J connectivity index is 1.21. The van der Waals surface area contributed by atoms with Gasteiger partial charge in [-0.1, -0.05) is 131 Å². The highest BCUT2D eigenvalue weighted by atomic mass is 16.3. The van der Waals surface area contributed by atoms with Gasteiger partial charge in [0.25, 0.3) is 6.71 Å². The van der Waals surface area contributed by atoms with E-state index in [2.05, 4.69) is 206 Å². The van der Waals surface area contributed by atoms with E-state index in [4.69, 9.17) is 4.42 Å². The molecule has 1 unspecified atom stereocenters. The zero-order chi connectivity index (χ0) is 49.6. The van der Waals surface area contributed by atoms with Crippen LogP contribution in [0, 0.1) is 44.4 Å². The van der Waals surface area contributed by atoms with Crippen molar-refractivity contribution in [1.29, 1.82) is 0 Å². The first-order valence-corrected chi connectivity index (χ1v) is 26.9. The molecule has 0 saturated heterocycles. The van der Waals surface area contributed by atoms with E-state index < -0.39 is 0 Å². The Kier molecular flexibility index (Phi) is 9.64. The lowest BCUT2D eigenvalue weighted by Crippen LogP contribution is -2.57. The Morgan fingerprint density at radius 3 is 1.79 bits per heavy atom. The van der Waals surface area contributed by atoms with E-state index in [1.54, 1.807) is 5.57 Å². The number of hydrogen-bond acceptors (Lipinski definition) is 3. The molecule has 3 nitrogen and oxygen atoms in total. The van der Waals surface area contributed by atoms with Crippen LogP contribution in [0.1, 0.15) is 173 Å². The van der Waals surface area contributed by atoms with Gasteiger partial charge >= 0.3 is 0 Å². The van der Waals surface area contributed by atoms with Crippen LogP contribution in [0.25, 0.3) is 22.1 Å². The Morgan fingerprint density at radius 2 is 1.13 bits per heavy atom. The molecule has 2 aliphatic heterocycles. The maximum atomic E-state index is 7.76. The van der Waals surface area contributed by atoms with E-state index in [1.165, 1.54) is 145 Å². The summed E-state index contributed by atoms with van der Waals surface area (Å²) in [6, 6.07) is 31.6. The quantitative estimate of drug-likeness (QED) is 0.165. The number of furan rings is 1. The van der Waals surface area contributed by atoms with Crippen LogP contribution in [0.2, 0.25) is 0 Å². The largest absolute Gasteiger partial charge is 0.468 e. The summed E-state index contributed by atoms with van der Waals surface area (Å²) in [7, 11) is 0. The molecule has 0 bridgehead atoms. The highest BCUT2D eigenvalue weighted by Crippen LogP contribution is 2.60. The molecule has 0 spiro atoms. The lowest BCUT2D eigenvalue weighted by Gasteiger charge is -2.53. The molecule has 5 aromatic carbocycles. The monoisotopic (exact) mass is 925 g/mol. The number of rotatable bonds is 3. The predicted molar refractivity (Wildman–Crippen MR) is 299 cm³/mol. The molecule has 3 heterocycles. The molecule has 1 atom stereocenters. The van der Waals surface area contributed by atoms with Crippen LogP contribution < -0.4 is 20.9 Å². The first-order chi connectivity index (χ1) is 32.8. The number of anilines is 5. The maximum absolute atomic E-state index is 7.76. The Bertz CT molecular complexity index is 3300. The third-order valence-electron chi connectivity index (χ3n) is 19.6. The summed E-state index contributed by atoms with van der Waals surface area (Å²) in [5.74, 6) is 0.431. The van der Waals surface area contributed by atoms with Gasteiger partial charge in [-0.3, -0.25) is 0 Å². The van der Waals surface area contributed by atoms with Gasteiger partial charge in [0, 0.05) is 33.8 Å². The van der Waals surface area contributed by atoms with Crippen molar-refractivity contribution in [2.45, 2.75) is 177 Å². The van der Waals surface area contributed by atoms with Crippen molar-refractivity contribution in [1.82, 2.24) is 0 Å². The molecular weight excluding hydrogens is 848 g/mol. The standard InChI is InChI=1S/C66H77BN2O/c1-38-30-54-58-55(31-38)69(52-32-42(21-20-39(52)2)57-40(3)18-17-19-41(57)4)53-36-49-48(64(11,12)27-28-65(49,13)14)35-51(53)67(58)60-59(44-34-47-50(37-56(44)70-60)66(15,16)29-26-63(47,9)10)68(54)43-22-23-45-46(33-43)62(7,8)25-24-61(45,5)6/h17-23,30-35,37,49H,24-29,36H2,1-16H3. The van der Waals surface area contributed by atoms with Crippen LogP contribution in [-0.2, 0) is 21.7 Å². The molecule has 0 N–H and O–H groups in total. The van der Waals surface area contributed by atoms with E-state index in [-0.39, 0.29) is 39.2 Å². The van der Waals surface area contributed by atoms with E-state index in [0.717, 1.165) is 17.7 Å². The van der Waals surface area contributed by atoms with Gasteiger partial charge < -0.3 is 14.2 Å². The summed E-state index contributed by atoms with van der Waals surface area (Å²) < 4.78 is 7.76. The number of benzene rings is 5. The molecule has 0 radical (unpaired) electrons. The minimum Gasteiger partial charge on any atom is -0.468 e. The summed E-state index contributed by atoms with van der Waals surface area (Å²) in [5.41, 5.74) is 28.5. The van der Waals surface area contributed by atoms with Crippen LogP contribution in [0.5, 0.6) is 0 Å². The minimum absolute atomic E-state index is 0.0538. The molecule has 4 aliphatic carbocycles. The average Bonchev–Trinajstić information content (AvgIpc) is 3.66. The molecule has 6 aromatic rings. The molecule has 0 amide bonds. The number of fused-ring (bicyclic) bond motifs is 8. The fourth-order valence-electron chi connectivity index (χ4n) is 14.8. The van der Waals surface area contributed by atoms with Crippen LogP contribution >= 0.6 is 0 Å². The lowest BCUT2D eigenvalue weighted by atomic mass is 9.33. The van der Waals surface area contributed by atoms with E-state index >= 15 is 0 Å². The first-order valence-electron chi connectivity index (χ1n) is 26.9. The SMILES string of the molecule is Cc1cc2c3c(c1)N(c1ccc4c(c1)C(C)(C)CCC4(C)C)c1c(oc4cc5c(cc14)C(C)(C)CCC5(C)C)B3C1=C(CC3C(=C1)C(C)(C)CCC3(C)C)N2c1cc(-c2c(C)cccc2C)ccc1C. The van der Waals surface area contributed by atoms with Crippen molar-refractivity contribution < 1.29 is 4.42 Å². The Morgan fingerprint density at radius 1 is 0.543 bits per heavy atom. The zero-order valence-corrected chi connectivity index (χ0v) is 45.5. The second kappa shape index (κ2) is 14.7. The normalized spacial score (nSPS) is 22.7. The van der Waals surface area contributed by atoms with Gasteiger partial charge in [0.1, 0.15) is 5.58 Å². The van der Waals surface area contributed by atoms with Gasteiger partial charge in [-0.15, -0.1) is 0 Å². The summed E-state index contributed by atoms with van der Waals surface area (Å²) in [5, 5.41) is 1.24. The van der Waals surface area contributed by atoms with Crippen LogP contribution in [0.3, 0.4) is 0 Å². The fraction of sp³-hybridized carbons (Fsp3) is 0.455.